The Morgan fingerprint density at radius 2 is 2.06 bits per heavy atom. The molecule has 0 aliphatic heterocycles. The molecule has 1 aromatic carbocycles. The van der Waals surface area contributed by atoms with Gasteiger partial charge in [0.05, 0.1) is 12.6 Å². The first-order valence-electron chi connectivity index (χ1n) is 5.89. The van der Waals surface area contributed by atoms with E-state index in [1.165, 1.54) is 0 Å². The molecular weight excluding hydrogens is 232 g/mol. The van der Waals surface area contributed by atoms with Crippen molar-refractivity contribution >= 4 is 5.91 Å². The Morgan fingerprint density at radius 1 is 1.39 bits per heavy atom. The molecule has 0 heterocycles. The summed E-state index contributed by atoms with van der Waals surface area (Å²) in [5.41, 5.74) is 0.994. The van der Waals surface area contributed by atoms with E-state index >= 15 is 0 Å². The highest BCUT2D eigenvalue weighted by Crippen LogP contribution is 2.11. The summed E-state index contributed by atoms with van der Waals surface area (Å²) in [6, 6.07) is 6.56. The number of phenolic OH excluding ortho intramolecular Hbond substituents is 1. The van der Waals surface area contributed by atoms with Crippen LogP contribution in [0.2, 0.25) is 0 Å². The van der Waals surface area contributed by atoms with Gasteiger partial charge in [-0.05, 0) is 31.2 Å². The Kier molecular flexibility index (Phi) is 6.18. The van der Waals surface area contributed by atoms with E-state index in [0.29, 0.717) is 19.6 Å². The van der Waals surface area contributed by atoms with E-state index in [9.17, 15) is 9.90 Å². The molecule has 0 aliphatic rings. The maximum Gasteiger partial charge on any atom is 0.237 e. The van der Waals surface area contributed by atoms with Crippen LogP contribution in [0.15, 0.2) is 24.3 Å². The summed E-state index contributed by atoms with van der Waals surface area (Å²) in [7, 11) is 3.35. The molecule has 1 aromatic rings. The molecule has 1 amide bonds. The summed E-state index contributed by atoms with van der Waals surface area (Å²) in [6.07, 6.45) is 0.579. The normalized spacial score (nSPS) is 12.1. The van der Waals surface area contributed by atoms with E-state index in [1.807, 2.05) is 12.1 Å². The molecule has 100 valence electrons. The van der Waals surface area contributed by atoms with E-state index in [4.69, 9.17) is 4.74 Å². The molecule has 1 rings (SSSR count). The average Bonchev–Trinajstić information content (AvgIpc) is 2.38. The Bertz CT molecular complexity index is 365. The van der Waals surface area contributed by atoms with Gasteiger partial charge in [0.1, 0.15) is 5.75 Å². The zero-order valence-corrected chi connectivity index (χ0v) is 10.8. The second-order valence-electron chi connectivity index (χ2n) is 4.00. The Morgan fingerprint density at radius 3 is 2.61 bits per heavy atom. The summed E-state index contributed by atoms with van der Waals surface area (Å²) in [5.74, 6) is 0.173. The molecule has 0 saturated carbocycles. The van der Waals surface area contributed by atoms with Gasteiger partial charge in [0.25, 0.3) is 0 Å². The predicted molar refractivity (Wildman–Crippen MR) is 69.5 cm³/mol. The van der Waals surface area contributed by atoms with Gasteiger partial charge >= 0.3 is 0 Å². The number of hydrogen-bond donors (Lipinski definition) is 3. The van der Waals surface area contributed by atoms with Crippen LogP contribution in [0, 0.1) is 0 Å². The summed E-state index contributed by atoms with van der Waals surface area (Å²) < 4.78 is 4.87. The van der Waals surface area contributed by atoms with Gasteiger partial charge in [-0.3, -0.25) is 4.79 Å². The molecule has 0 spiro atoms. The van der Waals surface area contributed by atoms with Crippen molar-refractivity contribution in [2.75, 3.05) is 27.3 Å². The highest BCUT2D eigenvalue weighted by molar-refractivity contribution is 5.82. The van der Waals surface area contributed by atoms with Gasteiger partial charge in [0.2, 0.25) is 5.91 Å². The third-order valence-electron chi connectivity index (χ3n) is 2.65. The lowest BCUT2D eigenvalue weighted by Gasteiger charge is -2.16. The number of nitrogens with one attached hydrogen (secondary N) is 2. The minimum absolute atomic E-state index is 0.0531. The SMILES string of the molecule is CN[C@@H](Cc1ccc(O)cc1)C(=O)NCCOC. The minimum atomic E-state index is -0.286. The Labute approximate surface area is 107 Å². The lowest BCUT2D eigenvalue weighted by atomic mass is 10.1. The van der Waals surface area contributed by atoms with Crippen LogP contribution < -0.4 is 10.6 Å². The fourth-order valence-electron chi connectivity index (χ4n) is 1.59. The monoisotopic (exact) mass is 252 g/mol. The standard InChI is InChI=1S/C13H20N2O3/c1-14-12(13(17)15-7-8-18-2)9-10-3-5-11(16)6-4-10/h3-6,12,14,16H,7-9H2,1-2H3,(H,15,17)/t12-/m0/s1. The highest BCUT2D eigenvalue weighted by atomic mass is 16.5. The van der Waals surface area contributed by atoms with Crippen LogP contribution in [0.5, 0.6) is 5.75 Å². The third-order valence-corrected chi connectivity index (χ3v) is 2.65. The van der Waals surface area contributed by atoms with Crippen molar-refractivity contribution in [1.82, 2.24) is 10.6 Å². The Balaban J connectivity index is 2.50. The number of ether oxygens (including phenoxy) is 1. The number of aromatic hydroxyl groups is 1. The van der Waals surface area contributed by atoms with Crippen molar-refractivity contribution in [3.05, 3.63) is 29.8 Å². The number of amides is 1. The number of phenols is 1. The average molecular weight is 252 g/mol. The van der Waals surface area contributed by atoms with Gasteiger partial charge < -0.3 is 20.5 Å². The van der Waals surface area contributed by atoms with Crippen LogP contribution in [0.1, 0.15) is 5.56 Å². The smallest absolute Gasteiger partial charge is 0.237 e. The molecular formula is C13H20N2O3. The van der Waals surface area contributed by atoms with E-state index < -0.39 is 0 Å². The maximum atomic E-state index is 11.8. The molecule has 18 heavy (non-hydrogen) atoms. The largest absolute Gasteiger partial charge is 0.508 e. The summed E-state index contributed by atoms with van der Waals surface area (Å²) >= 11 is 0. The van der Waals surface area contributed by atoms with Crippen molar-refractivity contribution < 1.29 is 14.6 Å². The van der Waals surface area contributed by atoms with E-state index in [2.05, 4.69) is 10.6 Å². The first-order valence-corrected chi connectivity index (χ1v) is 5.89. The molecule has 0 aromatic heterocycles. The van der Waals surface area contributed by atoms with Gasteiger partial charge in [-0.1, -0.05) is 12.1 Å². The van der Waals surface area contributed by atoms with E-state index in [0.717, 1.165) is 5.56 Å². The number of likely N-dealkylation sites (N-methyl/N-ethyl adjacent to an activating group) is 1. The fourth-order valence-corrected chi connectivity index (χ4v) is 1.59. The molecule has 0 unspecified atom stereocenters. The van der Waals surface area contributed by atoms with Crippen LogP contribution in [0.3, 0.4) is 0 Å². The van der Waals surface area contributed by atoms with Crippen LogP contribution in [0.4, 0.5) is 0 Å². The predicted octanol–water partition coefficient (Wildman–Crippen LogP) is 0.285. The third kappa shape index (κ3) is 4.73. The molecule has 0 aliphatic carbocycles. The molecule has 3 N–H and O–H groups in total. The van der Waals surface area contributed by atoms with Crippen molar-refractivity contribution in [1.29, 1.82) is 0 Å². The number of rotatable bonds is 7. The number of benzene rings is 1. The highest BCUT2D eigenvalue weighted by Gasteiger charge is 2.16. The van der Waals surface area contributed by atoms with E-state index in [1.54, 1.807) is 26.3 Å². The van der Waals surface area contributed by atoms with Crippen LogP contribution in [-0.2, 0) is 16.0 Å². The lowest BCUT2D eigenvalue weighted by Crippen LogP contribution is -2.44. The van der Waals surface area contributed by atoms with Gasteiger partial charge in [-0.25, -0.2) is 0 Å². The second kappa shape index (κ2) is 7.68. The molecule has 0 bridgehead atoms. The Hall–Kier alpha value is -1.59. The molecule has 5 heteroatoms. The number of carbonyl (C=O) groups excluding carboxylic acids is 1. The molecule has 0 fully saturated rings. The van der Waals surface area contributed by atoms with Crippen LogP contribution in [-0.4, -0.2) is 44.4 Å². The summed E-state index contributed by atoms with van der Waals surface area (Å²) in [5, 5.41) is 15.0. The van der Waals surface area contributed by atoms with Gasteiger partial charge in [-0.15, -0.1) is 0 Å². The van der Waals surface area contributed by atoms with Gasteiger partial charge in [0, 0.05) is 13.7 Å². The molecule has 0 saturated heterocycles. The lowest BCUT2D eigenvalue weighted by molar-refractivity contribution is -0.123. The van der Waals surface area contributed by atoms with Gasteiger partial charge in [0.15, 0.2) is 0 Å². The van der Waals surface area contributed by atoms with Crippen molar-refractivity contribution in [3.63, 3.8) is 0 Å². The van der Waals surface area contributed by atoms with E-state index in [-0.39, 0.29) is 17.7 Å². The number of carbonyl (C=O) groups is 1. The zero-order valence-electron chi connectivity index (χ0n) is 10.8. The first-order chi connectivity index (χ1) is 8.67. The zero-order chi connectivity index (χ0) is 13.4. The number of hydrogen-bond acceptors (Lipinski definition) is 4. The van der Waals surface area contributed by atoms with Crippen molar-refractivity contribution in [2.24, 2.45) is 0 Å². The van der Waals surface area contributed by atoms with Gasteiger partial charge in [-0.2, -0.15) is 0 Å². The van der Waals surface area contributed by atoms with Crippen LogP contribution >= 0.6 is 0 Å². The minimum Gasteiger partial charge on any atom is -0.508 e. The van der Waals surface area contributed by atoms with Crippen molar-refractivity contribution in [2.45, 2.75) is 12.5 Å². The maximum absolute atomic E-state index is 11.8. The van der Waals surface area contributed by atoms with Crippen molar-refractivity contribution in [3.8, 4) is 5.75 Å². The fraction of sp³-hybridized carbons (Fsp3) is 0.462. The first kappa shape index (κ1) is 14.5. The van der Waals surface area contributed by atoms with Crippen LogP contribution in [0.25, 0.3) is 0 Å². The number of methoxy groups -OCH3 is 1. The molecule has 0 radical (unpaired) electrons. The second-order valence-corrected chi connectivity index (χ2v) is 4.00. The topological polar surface area (TPSA) is 70.6 Å². The summed E-state index contributed by atoms with van der Waals surface area (Å²) in [6.45, 7) is 1.00. The molecule has 5 nitrogen and oxygen atoms in total. The molecule has 1 atom stereocenters. The quantitative estimate of drug-likeness (QED) is 0.610. The summed E-state index contributed by atoms with van der Waals surface area (Å²) in [4.78, 5) is 11.8.